The van der Waals surface area contributed by atoms with Crippen molar-refractivity contribution in [3.05, 3.63) is 75.8 Å². The summed E-state index contributed by atoms with van der Waals surface area (Å²) in [5.74, 6) is 0.836. The molecule has 3 rings (SSSR count). The number of ether oxygens (including phenoxy) is 1. The maximum Gasteiger partial charge on any atom is 0.118 e. The first kappa shape index (κ1) is 15.9. The first-order valence-electron chi connectivity index (χ1n) is 7.64. The van der Waals surface area contributed by atoms with Gasteiger partial charge in [-0.15, -0.1) is 0 Å². The van der Waals surface area contributed by atoms with Gasteiger partial charge in [0.15, 0.2) is 0 Å². The Kier molecular flexibility index (Phi) is 4.85. The average Bonchev–Trinajstić information content (AvgIpc) is 2.91. The summed E-state index contributed by atoms with van der Waals surface area (Å²) in [5.41, 5.74) is 4.24. The molecular weight excluding hydrogens is 308 g/mol. The number of aliphatic hydroxyl groups is 1. The number of halogens is 1. The van der Waals surface area contributed by atoms with E-state index in [2.05, 4.69) is 12.2 Å². The van der Waals surface area contributed by atoms with Crippen LogP contribution in [0.5, 0.6) is 5.75 Å². The molecule has 1 aliphatic carbocycles. The van der Waals surface area contributed by atoms with Crippen LogP contribution in [0.4, 0.5) is 0 Å². The van der Waals surface area contributed by atoms with Gasteiger partial charge >= 0.3 is 0 Å². The third-order valence-corrected chi connectivity index (χ3v) is 4.35. The highest BCUT2D eigenvalue weighted by atomic mass is 35.5. The maximum atomic E-state index is 10.5. The van der Waals surface area contributed by atoms with E-state index in [4.69, 9.17) is 16.3 Å². The number of hydrogen-bond donors (Lipinski definition) is 1. The van der Waals surface area contributed by atoms with Gasteiger partial charge in [0.05, 0.1) is 13.2 Å². The van der Waals surface area contributed by atoms with Crippen molar-refractivity contribution < 1.29 is 9.84 Å². The van der Waals surface area contributed by atoms with Crippen molar-refractivity contribution >= 4 is 23.8 Å². The zero-order valence-corrected chi connectivity index (χ0v) is 13.8. The van der Waals surface area contributed by atoms with E-state index in [-0.39, 0.29) is 0 Å². The molecule has 1 unspecified atom stereocenters. The van der Waals surface area contributed by atoms with Gasteiger partial charge in [-0.3, -0.25) is 0 Å². The fraction of sp³-hybridized carbons (Fsp3) is 0.200. The third kappa shape index (κ3) is 3.84. The Hall–Kier alpha value is -2.03. The molecule has 0 bridgehead atoms. The highest BCUT2D eigenvalue weighted by Gasteiger charge is 2.23. The Balaban J connectivity index is 1.78. The van der Waals surface area contributed by atoms with Crippen LogP contribution in [-0.2, 0) is 0 Å². The Morgan fingerprint density at radius 1 is 0.913 bits per heavy atom. The lowest BCUT2D eigenvalue weighted by atomic mass is 10.1. The fourth-order valence-corrected chi connectivity index (χ4v) is 2.92. The molecule has 0 spiro atoms. The Labute approximate surface area is 141 Å². The fourth-order valence-electron chi connectivity index (χ4n) is 2.79. The monoisotopic (exact) mass is 326 g/mol. The van der Waals surface area contributed by atoms with Gasteiger partial charge < -0.3 is 9.84 Å². The molecule has 0 aliphatic heterocycles. The number of benzene rings is 2. The van der Waals surface area contributed by atoms with Gasteiger partial charge in [-0.05, 0) is 59.4 Å². The van der Waals surface area contributed by atoms with Crippen LogP contribution >= 0.6 is 11.6 Å². The third-order valence-electron chi connectivity index (χ3n) is 4.09. The smallest absolute Gasteiger partial charge is 0.118 e. The summed E-state index contributed by atoms with van der Waals surface area (Å²) >= 11 is 5.90. The van der Waals surface area contributed by atoms with E-state index in [9.17, 15) is 5.11 Å². The molecule has 1 aliphatic rings. The zero-order valence-electron chi connectivity index (χ0n) is 13.0. The number of aliphatic hydroxyl groups excluding tert-OH is 1. The second-order valence-electron chi connectivity index (χ2n) is 5.67. The normalized spacial score (nSPS) is 21.1. The predicted molar refractivity (Wildman–Crippen MR) is 95.6 cm³/mol. The number of rotatable bonds is 3. The van der Waals surface area contributed by atoms with Crippen LogP contribution < -0.4 is 4.74 Å². The van der Waals surface area contributed by atoms with Crippen LogP contribution in [0, 0.1) is 0 Å². The molecule has 1 saturated carbocycles. The van der Waals surface area contributed by atoms with E-state index in [1.807, 2.05) is 48.5 Å². The molecule has 0 amide bonds. The Bertz CT molecular complexity index is 727. The number of methoxy groups -OCH3 is 1. The molecule has 0 aromatic heterocycles. The van der Waals surface area contributed by atoms with Gasteiger partial charge in [0.2, 0.25) is 0 Å². The lowest BCUT2D eigenvalue weighted by Crippen LogP contribution is -2.04. The highest BCUT2D eigenvalue weighted by molar-refractivity contribution is 6.30. The molecule has 1 N–H and O–H groups in total. The van der Waals surface area contributed by atoms with E-state index in [0.29, 0.717) is 0 Å². The summed E-state index contributed by atoms with van der Waals surface area (Å²) in [6.45, 7) is 0. The van der Waals surface area contributed by atoms with Gasteiger partial charge in [0, 0.05) is 5.02 Å². The van der Waals surface area contributed by atoms with Gasteiger partial charge in [0.1, 0.15) is 5.75 Å². The van der Waals surface area contributed by atoms with Crippen molar-refractivity contribution in [3.63, 3.8) is 0 Å². The SMILES string of the molecule is COc1ccc(/C=C2/CC/C(=C/c3ccc(Cl)cc3)C2O)cc1. The second kappa shape index (κ2) is 7.03. The van der Waals surface area contributed by atoms with Crippen molar-refractivity contribution in [1.29, 1.82) is 0 Å². The summed E-state index contributed by atoms with van der Waals surface area (Å²) in [6, 6.07) is 15.5. The molecule has 118 valence electrons. The molecule has 0 saturated heterocycles. The van der Waals surface area contributed by atoms with Crippen molar-refractivity contribution in [2.75, 3.05) is 7.11 Å². The second-order valence-corrected chi connectivity index (χ2v) is 6.10. The quantitative estimate of drug-likeness (QED) is 0.862. The Morgan fingerprint density at radius 3 is 1.87 bits per heavy atom. The van der Waals surface area contributed by atoms with Crippen LogP contribution in [0.3, 0.4) is 0 Å². The minimum absolute atomic E-state index is 0.507. The van der Waals surface area contributed by atoms with Crippen molar-refractivity contribution in [2.24, 2.45) is 0 Å². The predicted octanol–water partition coefficient (Wildman–Crippen LogP) is 4.97. The molecule has 23 heavy (non-hydrogen) atoms. The molecule has 1 atom stereocenters. The van der Waals surface area contributed by atoms with Gasteiger partial charge in [-0.1, -0.05) is 48.0 Å². The summed E-state index contributed by atoms with van der Waals surface area (Å²) in [6.07, 6.45) is 5.37. The van der Waals surface area contributed by atoms with Crippen LogP contribution in [0.2, 0.25) is 5.02 Å². The first-order chi connectivity index (χ1) is 11.2. The van der Waals surface area contributed by atoms with Crippen molar-refractivity contribution in [1.82, 2.24) is 0 Å². The molecule has 3 heteroatoms. The molecule has 0 heterocycles. The largest absolute Gasteiger partial charge is 0.497 e. The van der Waals surface area contributed by atoms with Crippen molar-refractivity contribution in [2.45, 2.75) is 18.9 Å². The minimum Gasteiger partial charge on any atom is -0.497 e. The summed E-state index contributed by atoms with van der Waals surface area (Å²) in [7, 11) is 1.65. The van der Waals surface area contributed by atoms with Crippen LogP contribution in [0.1, 0.15) is 24.0 Å². The molecule has 2 nitrogen and oxygen atoms in total. The summed E-state index contributed by atoms with van der Waals surface area (Å²) in [4.78, 5) is 0. The molecule has 1 fully saturated rings. The van der Waals surface area contributed by atoms with Crippen LogP contribution in [0.25, 0.3) is 12.2 Å². The lowest BCUT2D eigenvalue weighted by Gasteiger charge is -2.07. The van der Waals surface area contributed by atoms with E-state index in [1.165, 1.54) is 0 Å². The molecule has 0 radical (unpaired) electrons. The maximum absolute atomic E-state index is 10.5. The zero-order chi connectivity index (χ0) is 16.2. The van der Waals surface area contributed by atoms with E-state index >= 15 is 0 Å². The van der Waals surface area contributed by atoms with E-state index in [0.717, 1.165) is 45.9 Å². The standard InChI is InChI=1S/C20H19ClO2/c1-23-19-10-4-15(5-11-19)13-17-7-6-16(20(17)22)12-14-2-8-18(21)9-3-14/h2-5,8-13,20,22H,6-7H2,1H3/b16-12-,17-13-. The van der Waals surface area contributed by atoms with Crippen LogP contribution in [-0.4, -0.2) is 18.3 Å². The molecular formula is C20H19ClO2. The number of hydrogen-bond acceptors (Lipinski definition) is 2. The first-order valence-corrected chi connectivity index (χ1v) is 8.02. The summed E-state index contributed by atoms with van der Waals surface area (Å²) in [5, 5.41) is 11.3. The van der Waals surface area contributed by atoms with Crippen molar-refractivity contribution in [3.8, 4) is 5.75 Å². The van der Waals surface area contributed by atoms with Gasteiger partial charge in [-0.25, -0.2) is 0 Å². The van der Waals surface area contributed by atoms with Crippen LogP contribution in [0.15, 0.2) is 59.7 Å². The topological polar surface area (TPSA) is 29.5 Å². The lowest BCUT2D eigenvalue weighted by molar-refractivity contribution is 0.257. The average molecular weight is 327 g/mol. The molecule has 2 aromatic carbocycles. The summed E-state index contributed by atoms with van der Waals surface area (Å²) < 4.78 is 5.16. The highest BCUT2D eigenvalue weighted by Crippen LogP contribution is 2.33. The Morgan fingerprint density at radius 2 is 1.39 bits per heavy atom. The minimum atomic E-state index is -0.507. The van der Waals surface area contributed by atoms with E-state index < -0.39 is 6.10 Å². The van der Waals surface area contributed by atoms with Gasteiger partial charge in [0.25, 0.3) is 0 Å². The molecule has 2 aromatic rings. The van der Waals surface area contributed by atoms with E-state index in [1.54, 1.807) is 7.11 Å². The van der Waals surface area contributed by atoms with Gasteiger partial charge in [-0.2, -0.15) is 0 Å².